The van der Waals surface area contributed by atoms with Crippen LogP contribution in [0.25, 0.3) is 0 Å². The monoisotopic (exact) mass is 633 g/mol. The molecule has 236 valence electrons. The minimum absolute atomic E-state index is 0.0623. The molecule has 4 aromatic rings. The summed E-state index contributed by atoms with van der Waals surface area (Å²) in [6, 6.07) is 12.4. The predicted molar refractivity (Wildman–Crippen MR) is 154 cm³/mol. The Morgan fingerprint density at radius 1 is 0.578 bits per heavy atom. The van der Waals surface area contributed by atoms with E-state index in [1.165, 1.54) is 43.4 Å². The Kier molecular flexibility index (Phi) is 8.63. The summed E-state index contributed by atoms with van der Waals surface area (Å²) >= 11 is 0. The molecule has 0 unspecified atom stereocenters. The number of phenolic OH excluding ortho intramolecular Hbond substituents is 3. The van der Waals surface area contributed by atoms with Crippen molar-refractivity contribution in [3.05, 3.63) is 107 Å². The molecule has 4 rings (SSSR count). The molecule has 0 saturated carbocycles. The number of rotatable bonds is 7. The second-order valence-electron chi connectivity index (χ2n) is 9.97. The number of alkyl halides is 6. The van der Waals surface area contributed by atoms with E-state index >= 15 is 0 Å². The van der Waals surface area contributed by atoms with E-state index < -0.39 is 63.6 Å². The van der Waals surface area contributed by atoms with Crippen LogP contribution in [-0.2, 0) is 5.41 Å². The summed E-state index contributed by atoms with van der Waals surface area (Å²) < 4.78 is 87.7. The summed E-state index contributed by atoms with van der Waals surface area (Å²) in [7, 11) is 1.20. The maximum absolute atomic E-state index is 14.6. The van der Waals surface area contributed by atoms with Gasteiger partial charge in [0.15, 0.2) is 0 Å². The van der Waals surface area contributed by atoms with Gasteiger partial charge in [0.2, 0.25) is 5.41 Å². The Labute approximate surface area is 252 Å². The van der Waals surface area contributed by atoms with E-state index in [1.807, 2.05) is 0 Å². The standard InChI is InChI=1S/C31H25F6N3O5/c1-16-3-10-25(42)22(13-16)39-27(44)17-4-6-18(7-5-17)28(45)40-23-15-20(9-12-26(23)43)29(30(32,33)34,31(35,36)37)19-8-11-24(41)21(14-19)38-2/h3-15,38,41-43H,1-2H3,(H,39,44)(H,40,45). The summed E-state index contributed by atoms with van der Waals surface area (Å²) in [5.74, 6) is -3.24. The van der Waals surface area contributed by atoms with Crippen molar-refractivity contribution in [2.75, 3.05) is 23.0 Å². The summed E-state index contributed by atoms with van der Waals surface area (Å²) in [4.78, 5) is 25.5. The number of carbonyl (C=O) groups is 2. The lowest BCUT2D eigenvalue weighted by Gasteiger charge is -2.38. The Hall–Kier alpha value is -5.40. The number of phenols is 3. The number of hydrogen-bond donors (Lipinski definition) is 6. The third-order valence-corrected chi connectivity index (χ3v) is 7.04. The molecule has 14 heteroatoms. The zero-order valence-corrected chi connectivity index (χ0v) is 23.4. The molecule has 0 fully saturated rings. The second-order valence-corrected chi connectivity index (χ2v) is 9.97. The molecular weight excluding hydrogens is 608 g/mol. The number of aromatic hydroxyl groups is 3. The topological polar surface area (TPSA) is 131 Å². The van der Waals surface area contributed by atoms with Crippen LogP contribution in [0.15, 0.2) is 78.9 Å². The molecule has 0 aliphatic carbocycles. The van der Waals surface area contributed by atoms with Gasteiger partial charge >= 0.3 is 12.4 Å². The van der Waals surface area contributed by atoms with Crippen molar-refractivity contribution in [3.63, 3.8) is 0 Å². The molecule has 6 N–H and O–H groups in total. The first-order valence-corrected chi connectivity index (χ1v) is 13.0. The number of halogens is 6. The molecule has 0 heterocycles. The third-order valence-electron chi connectivity index (χ3n) is 7.04. The summed E-state index contributed by atoms with van der Waals surface area (Å²) in [5, 5.41) is 37.1. The third kappa shape index (κ3) is 6.16. The van der Waals surface area contributed by atoms with Crippen molar-refractivity contribution in [2.45, 2.75) is 24.7 Å². The van der Waals surface area contributed by atoms with Gasteiger partial charge in [0.1, 0.15) is 17.2 Å². The van der Waals surface area contributed by atoms with Gasteiger partial charge in [-0.05, 0) is 84.3 Å². The molecule has 2 amide bonds. The molecule has 8 nitrogen and oxygen atoms in total. The molecule has 0 aliphatic heterocycles. The molecule has 0 bridgehead atoms. The van der Waals surface area contributed by atoms with Gasteiger partial charge < -0.3 is 31.3 Å². The molecule has 0 aromatic heterocycles. The van der Waals surface area contributed by atoms with E-state index in [0.29, 0.717) is 36.4 Å². The lowest BCUT2D eigenvalue weighted by atomic mass is 9.72. The zero-order valence-electron chi connectivity index (χ0n) is 23.4. The Morgan fingerprint density at radius 2 is 0.956 bits per heavy atom. The van der Waals surface area contributed by atoms with E-state index in [9.17, 15) is 51.3 Å². The van der Waals surface area contributed by atoms with Crippen LogP contribution in [0.1, 0.15) is 37.4 Å². The summed E-state index contributed by atoms with van der Waals surface area (Å²) in [6.07, 6.45) is -12.0. The largest absolute Gasteiger partial charge is 0.506 e. The molecule has 0 radical (unpaired) electrons. The summed E-state index contributed by atoms with van der Waals surface area (Å²) in [5.41, 5.74) is -7.61. The van der Waals surface area contributed by atoms with Gasteiger partial charge in [0.25, 0.3) is 11.8 Å². The van der Waals surface area contributed by atoms with Crippen LogP contribution in [0.5, 0.6) is 17.2 Å². The van der Waals surface area contributed by atoms with Crippen LogP contribution in [0, 0.1) is 6.92 Å². The van der Waals surface area contributed by atoms with Crippen LogP contribution >= 0.6 is 0 Å². The smallest absolute Gasteiger partial charge is 0.411 e. The van der Waals surface area contributed by atoms with Gasteiger partial charge in [-0.1, -0.05) is 18.2 Å². The summed E-state index contributed by atoms with van der Waals surface area (Å²) in [6.45, 7) is 1.75. The minimum Gasteiger partial charge on any atom is -0.506 e. The molecular formula is C31H25F6N3O5. The highest BCUT2D eigenvalue weighted by Crippen LogP contribution is 2.57. The second kappa shape index (κ2) is 11.9. The van der Waals surface area contributed by atoms with E-state index in [-0.39, 0.29) is 22.6 Å². The Balaban J connectivity index is 1.68. The number of anilines is 3. The van der Waals surface area contributed by atoms with E-state index in [1.54, 1.807) is 13.0 Å². The number of benzene rings is 4. The van der Waals surface area contributed by atoms with Crippen molar-refractivity contribution in [2.24, 2.45) is 0 Å². The lowest BCUT2D eigenvalue weighted by molar-refractivity contribution is -0.288. The van der Waals surface area contributed by atoms with E-state index in [2.05, 4.69) is 16.0 Å². The van der Waals surface area contributed by atoms with Gasteiger partial charge in [-0.3, -0.25) is 9.59 Å². The van der Waals surface area contributed by atoms with Crippen LogP contribution in [0.3, 0.4) is 0 Å². The van der Waals surface area contributed by atoms with Gasteiger partial charge in [-0.25, -0.2) is 0 Å². The van der Waals surface area contributed by atoms with Crippen molar-refractivity contribution < 1.29 is 51.3 Å². The maximum Gasteiger partial charge on any atom is 0.411 e. The van der Waals surface area contributed by atoms with Crippen molar-refractivity contribution in [3.8, 4) is 17.2 Å². The molecule has 0 atom stereocenters. The average Bonchev–Trinajstić information content (AvgIpc) is 2.96. The van der Waals surface area contributed by atoms with Crippen LogP contribution < -0.4 is 16.0 Å². The number of nitrogens with one attached hydrogen (secondary N) is 3. The fraction of sp³-hybridized carbons (Fsp3) is 0.161. The highest BCUT2D eigenvalue weighted by Gasteiger charge is 2.72. The van der Waals surface area contributed by atoms with Crippen molar-refractivity contribution in [1.82, 2.24) is 0 Å². The SMILES string of the molecule is CNc1cc(C(c2ccc(O)c(NC(=O)c3ccc(C(=O)Nc4cc(C)ccc4O)cc3)c2)(C(F)(F)F)C(F)(F)F)ccc1O. The highest BCUT2D eigenvalue weighted by molar-refractivity contribution is 6.08. The van der Waals surface area contributed by atoms with Gasteiger partial charge in [0.05, 0.1) is 17.1 Å². The predicted octanol–water partition coefficient (Wildman–Crippen LogP) is 7.07. The molecule has 0 spiro atoms. The van der Waals surface area contributed by atoms with Crippen molar-refractivity contribution >= 4 is 28.9 Å². The molecule has 0 saturated heterocycles. The number of hydrogen-bond acceptors (Lipinski definition) is 6. The first kappa shape index (κ1) is 32.5. The first-order valence-electron chi connectivity index (χ1n) is 13.0. The zero-order chi connectivity index (χ0) is 33.3. The van der Waals surface area contributed by atoms with Crippen LogP contribution in [-0.4, -0.2) is 46.5 Å². The normalized spacial score (nSPS) is 12.0. The lowest BCUT2D eigenvalue weighted by Crippen LogP contribution is -2.54. The van der Waals surface area contributed by atoms with Gasteiger partial charge in [-0.15, -0.1) is 0 Å². The minimum atomic E-state index is -5.98. The number of amides is 2. The number of carbonyl (C=O) groups excluding carboxylic acids is 2. The Morgan fingerprint density at radius 3 is 1.38 bits per heavy atom. The van der Waals surface area contributed by atoms with Crippen molar-refractivity contribution in [1.29, 1.82) is 0 Å². The van der Waals surface area contributed by atoms with E-state index in [4.69, 9.17) is 0 Å². The fourth-order valence-electron chi connectivity index (χ4n) is 4.73. The fourth-order valence-corrected chi connectivity index (χ4v) is 4.73. The quantitative estimate of drug-likeness (QED) is 0.0954. The van der Waals surface area contributed by atoms with Crippen LogP contribution in [0.4, 0.5) is 43.4 Å². The average molecular weight is 634 g/mol. The molecule has 0 aliphatic rings. The van der Waals surface area contributed by atoms with Gasteiger partial charge in [0, 0.05) is 18.2 Å². The van der Waals surface area contributed by atoms with Crippen LogP contribution in [0.2, 0.25) is 0 Å². The molecule has 45 heavy (non-hydrogen) atoms. The first-order chi connectivity index (χ1) is 21.0. The Bertz CT molecular complexity index is 1740. The number of aryl methyl sites for hydroxylation is 1. The van der Waals surface area contributed by atoms with E-state index in [0.717, 1.165) is 5.56 Å². The van der Waals surface area contributed by atoms with Gasteiger partial charge in [-0.2, -0.15) is 26.3 Å². The molecule has 4 aromatic carbocycles. The maximum atomic E-state index is 14.6. The highest BCUT2D eigenvalue weighted by atomic mass is 19.4.